The Bertz CT molecular complexity index is 484. The number of hydrogen-bond donors (Lipinski definition) is 1. The highest BCUT2D eigenvalue weighted by atomic mass is 15.2. The van der Waals surface area contributed by atoms with E-state index in [0.29, 0.717) is 12.6 Å². The standard InChI is InChI=1S/C17H25N3/c1-19(2)14-17-10-6-12-20(17)13-16-8-4-3-7-15(16)9-5-11-18/h3-4,7-8,17H,6,10-14,18H2,1-2H3. The van der Waals surface area contributed by atoms with Crippen LogP contribution in [0.15, 0.2) is 24.3 Å². The molecular weight excluding hydrogens is 246 g/mol. The molecule has 20 heavy (non-hydrogen) atoms. The molecule has 0 aromatic heterocycles. The van der Waals surface area contributed by atoms with Crippen LogP contribution in [0.25, 0.3) is 0 Å². The third kappa shape index (κ3) is 4.08. The Hall–Kier alpha value is -1.34. The molecule has 1 heterocycles. The summed E-state index contributed by atoms with van der Waals surface area (Å²) in [6, 6.07) is 9.09. The Kier molecular flexibility index (Phi) is 5.60. The minimum absolute atomic E-state index is 0.418. The van der Waals surface area contributed by atoms with E-state index in [1.807, 2.05) is 6.07 Å². The van der Waals surface area contributed by atoms with Crippen molar-refractivity contribution in [1.82, 2.24) is 9.80 Å². The Labute approximate surface area is 122 Å². The van der Waals surface area contributed by atoms with Gasteiger partial charge in [0.2, 0.25) is 0 Å². The molecule has 1 aromatic rings. The highest BCUT2D eigenvalue weighted by Gasteiger charge is 2.25. The van der Waals surface area contributed by atoms with Gasteiger partial charge in [-0.3, -0.25) is 4.90 Å². The monoisotopic (exact) mass is 271 g/mol. The fraction of sp³-hybridized carbons (Fsp3) is 0.529. The van der Waals surface area contributed by atoms with Crippen LogP contribution >= 0.6 is 0 Å². The van der Waals surface area contributed by atoms with E-state index in [1.54, 1.807) is 0 Å². The first-order valence-corrected chi connectivity index (χ1v) is 7.36. The molecule has 1 aromatic carbocycles. The molecule has 0 amide bonds. The average Bonchev–Trinajstić information content (AvgIpc) is 2.84. The maximum atomic E-state index is 5.48. The van der Waals surface area contributed by atoms with Gasteiger partial charge in [0.25, 0.3) is 0 Å². The second-order valence-corrected chi connectivity index (χ2v) is 5.69. The molecule has 1 fully saturated rings. The summed E-state index contributed by atoms with van der Waals surface area (Å²) >= 11 is 0. The van der Waals surface area contributed by atoms with Crippen LogP contribution < -0.4 is 5.73 Å². The SMILES string of the molecule is CN(C)CC1CCCN1Cc1ccccc1C#CCN. The van der Waals surface area contributed by atoms with Crippen molar-refractivity contribution in [2.45, 2.75) is 25.4 Å². The van der Waals surface area contributed by atoms with E-state index in [1.165, 1.54) is 24.9 Å². The van der Waals surface area contributed by atoms with Gasteiger partial charge >= 0.3 is 0 Å². The van der Waals surface area contributed by atoms with E-state index in [0.717, 1.165) is 18.7 Å². The summed E-state index contributed by atoms with van der Waals surface area (Å²) in [6.45, 7) is 3.74. The predicted octanol–water partition coefficient (Wildman–Crippen LogP) is 1.52. The molecule has 1 aliphatic rings. The third-order valence-corrected chi connectivity index (χ3v) is 3.79. The van der Waals surface area contributed by atoms with Crippen molar-refractivity contribution in [2.75, 3.05) is 33.7 Å². The first kappa shape index (κ1) is 15.1. The zero-order chi connectivity index (χ0) is 14.4. The molecule has 3 heteroatoms. The largest absolute Gasteiger partial charge is 0.320 e. The normalized spacial score (nSPS) is 19.1. The van der Waals surface area contributed by atoms with Crippen molar-refractivity contribution in [1.29, 1.82) is 0 Å². The molecule has 3 nitrogen and oxygen atoms in total. The van der Waals surface area contributed by atoms with Crippen molar-refractivity contribution < 1.29 is 0 Å². The number of likely N-dealkylation sites (N-methyl/N-ethyl adjacent to an activating group) is 1. The minimum Gasteiger partial charge on any atom is -0.320 e. The molecule has 2 N–H and O–H groups in total. The molecule has 0 aliphatic carbocycles. The third-order valence-electron chi connectivity index (χ3n) is 3.79. The lowest BCUT2D eigenvalue weighted by Gasteiger charge is -2.27. The van der Waals surface area contributed by atoms with Crippen molar-refractivity contribution in [3.05, 3.63) is 35.4 Å². The summed E-state index contributed by atoms with van der Waals surface area (Å²) in [7, 11) is 4.30. The van der Waals surface area contributed by atoms with E-state index in [2.05, 4.69) is 53.9 Å². The van der Waals surface area contributed by atoms with Gasteiger partial charge in [-0.2, -0.15) is 0 Å². The lowest BCUT2D eigenvalue weighted by atomic mass is 10.1. The van der Waals surface area contributed by atoms with E-state index in [9.17, 15) is 0 Å². The maximum Gasteiger partial charge on any atom is 0.0555 e. The molecule has 1 saturated heterocycles. The Morgan fingerprint density at radius 2 is 2.15 bits per heavy atom. The second-order valence-electron chi connectivity index (χ2n) is 5.69. The summed E-state index contributed by atoms with van der Waals surface area (Å²) in [4.78, 5) is 4.87. The van der Waals surface area contributed by atoms with E-state index >= 15 is 0 Å². The molecule has 0 radical (unpaired) electrons. The first-order chi connectivity index (χ1) is 9.70. The Morgan fingerprint density at radius 1 is 1.35 bits per heavy atom. The summed E-state index contributed by atoms with van der Waals surface area (Å²) in [5.74, 6) is 6.15. The Balaban J connectivity index is 2.09. The highest BCUT2D eigenvalue weighted by Crippen LogP contribution is 2.21. The van der Waals surface area contributed by atoms with Crippen molar-refractivity contribution in [3.8, 4) is 11.8 Å². The van der Waals surface area contributed by atoms with Gasteiger partial charge in [0.1, 0.15) is 0 Å². The first-order valence-electron chi connectivity index (χ1n) is 7.36. The molecule has 0 bridgehead atoms. The molecule has 2 rings (SSSR count). The summed E-state index contributed by atoms with van der Waals surface area (Å²) in [5, 5.41) is 0. The van der Waals surface area contributed by atoms with Crippen molar-refractivity contribution in [2.24, 2.45) is 5.73 Å². The fourth-order valence-electron chi connectivity index (χ4n) is 2.88. The average molecular weight is 271 g/mol. The number of nitrogens with two attached hydrogens (primary N) is 1. The van der Waals surface area contributed by atoms with Gasteiger partial charge in [-0.05, 0) is 45.1 Å². The fourth-order valence-corrected chi connectivity index (χ4v) is 2.88. The van der Waals surface area contributed by atoms with Gasteiger partial charge in [0.15, 0.2) is 0 Å². The number of benzene rings is 1. The number of likely N-dealkylation sites (tertiary alicyclic amines) is 1. The van der Waals surface area contributed by atoms with Gasteiger partial charge in [-0.1, -0.05) is 30.0 Å². The van der Waals surface area contributed by atoms with Crippen molar-refractivity contribution >= 4 is 0 Å². The van der Waals surface area contributed by atoms with Crippen molar-refractivity contribution in [3.63, 3.8) is 0 Å². The minimum atomic E-state index is 0.418. The predicted molar refractivity (Wildman–Crippen MR) is 84.4 cm³/mol. The number of hydrogen-bond acceptors (Lipinski definition) is 3. The Morgan fingerprint density at radius 3 is 2.90 bits per heavy atom. The van der Waals surface area contributed by atoms with E-state index < -0.39 is 0 Å². The van der Waals surface area contributed by atoms with Gasteiger partial charge in [0, 0.05) is 24.7 Å². The maximum absolute atomic E-state index is 5.48. The van der Waals surface area contributed by atoms with Crippen LogP contribution in [0.5, 0.6) is 0 Å². The topological polar surface area (TPSA) is 32.5 Å². The lowest BCUT2D eigenvalue weighted by Crippen LogP contribution is -2.37. The molecule has 1 unspecified atom stereocenters. The number of rotatable bonds is 4. The molecule has 0 spiro atoms. The molecular formula is C17H25N3. The molecule has 108 valence electrons. The van der Waals surface area contributed by atoms with Crippen LogP contribution in [0.2, 0.25) is 0 Å². The summed E-state index contributed by atoms with van der Waals surface area (Å²) in [6.07, 6.45) is 2.60. The van der Waals surface area contributed by atoms with Gasteiger partial charge in [0.05, 0.1) is 6.54 Å². The highest BCUT2D eigenvalue weighted by molar-refractivity contribution is 5.41. The molecule has 0 saturated carbocycles. The van der Waals surface area contributed by atoms with Gasteiger partial charge in [-0.15, -0.1) is 0 Å². The van der Waals surface area contributed by atoms with Crippen LogP contribution in [-0.2, 0) is 6.54 Å². The van der Waals surface area contributed by atoms with Gasteiger partial charge in [-0.25, -0.2) is 0 Å². The number of nitrogens with zero attached hydrogens (tertiary/aromatic N) is 2. The lowest BCUT2D eigenvalue weighted by molar-refractivity contribution is 0.201. The molecule has 1 atom stereocenters. The quantitative estimate of drug-likeness (QED) is 0.843. The smallest absolute Gasteiger partial charge is 0.0555 e. The van der Waals surface area contributed by atoms with Crippen LogP contribution in [0.4, 0.5) is 0 Å². The zero-order valence-electron chi connectivity index (χ0n) is 12.6. The molecule has 1 aliphatic heterocycles. The zero-order valence-corrected chi connectivity index (χ0v) is 12.6. The van der Waals surface area contributed by atoms with Crippen LogP contribution in [0.1, 0.15) is 24.0 Å². The van der Waals surface area contributed by atoms with Crippen LogP contribution in [0.3, 0.4) is 0 Å². The summed E-state index contributed by atoms with van der Waals surface area (Å²) < 4.78 is 0. The van der Waals surface area contributed by atoms with Crippen LogP contribution in [0, 0.1) is 11.8 Å². The van der Waals surface area contributed by atoms with Gasteiger partial charge < -0.3 is 10.6 Å². The van der Waals surface area contributed by atoms with E-state index in [-0.39, 0.29) is 0 Å². The van der Waals surface area contributed by atoms with Crippen LogP contribution in [-0.4, -0.2) is 49.6 Å². The summed E-state index contributed by atoms with van der Waals surface area (Å²) in [5.41, 5.74) is 7.91. The second kappa shape index (κ2) is 7.44. The van der Waals surface area contributed by atoms with E-state index in [4.69, 9.17) is 5.73 Å².